The maximum absolute atomic E-state index is 5.94. The first kappa shape index (κ1) is 14.5. The lowest BCUT2D eigenvalue weighted by atomic mass is 9.83. The molecule has 0 aliphatic carbocycles. The zero-order valence-corrected chi connectivity index (χ0v) is 9.96. The van der Waals surface area contributed by atoms with Gasteiger partial charge in [0.25, 0.3) is 0 Å². The van der Waals surface area contributed by atoms with Crippen LogP contribution in [0.15, 0.2) is 0 Å². The molecule has 0 amide bonds. The van der Waals surface area contributed by atoms with Crippen molar-refractivity contribution < 1.29 is 4.74 Å². The van der Waals surface area contributed by atoms with E-state index in [0.29, 0.717) is 6.04 Å². The van der Waals surface area contributed by atoms with Crippen LogP contribution in [0.2, 0.25) is 0 Å². The Balaban J connectivity index is 0.000000845. The second kappa shape index (κ2) is 6.13. The van der Waals surface area contributed by atoms with Crippen LogP contribution in [0.5, 0.6) is 0 Å². The molecule has 2 aliphatic heterocycles. The molecule has 2 saturated heterocycles. The van der Waals surface area contributed by atoms with Gasteiger partial charge < -0.3 is 15.8 Å². The molecule has 0 bridgehead atoms. The van der Waals surface area contributed by atoms with Gasteiger partial charge in [-0.2, -0.15) is 0 Å². The number of rotatable bonds is 0. The van der Waals surface area contributed by atoms with Gasteiger partial charge in [-0.05, 0) is 38.8 Å². The normalized spacial score (nSPS) is 30.2. The van der Waals surface area contributed by atoms with E-state index in [0.717, 1.165) is 45.4 Å². The molecule has 3 nitrogen and oxygen atoms in total. The van der Waals surface area contributed by atoms with Gasteiger partial charge >= 0.3 is 0 Å². The second-order valence-corrected chi connectivity index (χ2v) is 4.03. The van der Waals surface area contributed by atoms with Crippen molar-refractivity contribution in [3.05, 3.63) is 0 Å². The highest BCUT2D eigenvalue weighted by Crippen LogP contribution is 2.32. The molecule has 2 rings (SSSR count). The highest BCUT2D eigenvalue weighted by Gasteiger charge is 2.37. The van der Waals surface area contributed by atoms with Crippen LogP contribution in [0.3, 0.4) is 0 Å². The zero-order valence-electron chi connectivity index (χ0n) is 8.33. The minimum atomic E-state index is 0. The van der Waals surface area contributed by atoms with Gasteiger partial charge in [0.2, 0.25) is 0 Å². The van der Waals surface area contributed by atoms with E-state index >= 15 is 0 Å². The summed E-state index contributed by atoms with van der Waals surface area (Å²) < 4.78 is 5.86. The third kappa shape index (κ3) is 3.24. The summed E-state index contributed by atoms with van der Waals surface area (Å²) in [6.07, 6.45) is 4.38. The van der Waals surface area contributed by atoms with E-state index in [1.807, 2.05) is 0 Å². The van der Waals surface area contributed by atoms with Gasteiger partial charge in [-0.1, -0.05) is 0 Å². The third-order valence-electron chi connectivity index (χ3n) is 3.05. The summed E-state index contributed by atoms with van der Waals surface area (Å²) >= 11 is 0. The lowest BCUT2D eigenvalue weighted by Crippen LogP contribution is -2.50. The molecule has 1 atom stereocenters. The van der Waals surface area contributed by atoms with Crippen molar-refractivity contribution in [1.82, 2.24) is 5.32 Å². The van der Waals surface area contributed by atoms with E-state index in [1.54, 1.807) is 0 Å². The molecule has 0 aromatic rings. The van der Waals surface area contributed by atoms with Crippen LogP contribution < -0.4 is 11.1 Å². The Kier molecular flexibility index (Phi) is 6.33. The average molecular weight is 243 g/mol. The Labute approximate surface area is 98.0 Å². The van der Waals surface area contributed by atoms with Gasteiger partial charge in [-0.25, -0.2) is 0 Å². The highest BCUT2D eigenvalue weighted by molar-refractivity contribution is 5.85. The fourth-order valence-electron chi connectivity index (χ4n) is 2.30. The van der Waals surface area contributed by atoms with Crippen molar-refractivity contribution in [2.24, 2.45) is 5.73 Å². The summed E-state index contributed by atoms with van der Waals surface area (Å²) in [7, 11) is 0. The van der Waals surface area contributed by atoms with Crippen LogP contribution >= 0.6 is 24.8 Å². The average Bonchev–Trinajstić information content (AvgIpc) is 2.05. The molecule has 2 heterocycles. The van der Waals surface area contributed by atoms with Crippen molar-refractivity contribution in [1.29, 1.82) is 0 Å². The predicted molar refractivity (Wildman–Crippen MR) is 62.5 cm³/mol. The Bertz CT molecular complexity index is 157. The lowest BCUT2D eigenvalue weighted by Gasteiger charge is -2.42. The minimum Gasteiger partial charge on any atom is -0.375 e. The molecule has 0 aromatic carbocycles. The molecule has 2 fully saturated rings. The Morgan fingerprint density at radius 2 is 1.86 bits per heavy atom. The summed E-state index contributed by atoms with van der Waals surface area (Å²) in [6.45, 7) is 3.04. The van der Waals surface area contributed by atoms with Gasteiger partial charge in [0.1, 0.15) is 0 Å². The van der Waals surface area contributed by atoms with Crippen molar-refractivity contribution in [3.8, 4) is 0 Å². The Morgan fingerprint density at radius 1 is 1.21 bits per heavy atom. The van der Waals surface area contributed by atoms with E-state index in [2.05, 4.69) is 5.32 Å². The molecular formula is C9H20Cl2N2O. The van der Waals surface area contributed by atoms with Crippen LogP contribution in [0.1, 0.15) is 25.7 Å². The van der Waals surface area contributed by atoms with E-state index in [9.17, 15) is 0 Å². The molecule has 3 N–H and O–H groups in total. The number of nitrogens with one attached hydrogen (secondary N) is 1. The first-order valence-corrected chi connectivity index (χ1v) is 4.91. The van der Waals surface area contributed by atoms with Crippen LogP contribution in [0.4, 0.5) is 0 Å². The maximum atomic E-state index is 5.94. The van der Waals surface area contributed by atoms with Crippen molar-refractivity contribution in [3.63, 3.8) is 0 Å². The summed E-state index contributed by atoms with van der Waals surface area (Å²) in [5.74, 6) is 0. The standard InChI is InChI=1S/C9H18N2O.2ClH/c10-8-1-6-12-9(7-8)2-4-11-5-3-9;;/h8,11H,1-7,10H2;2*1H. The summed E-state index contributed by atoms with van der Waals surface area (Å²) in [5.41, 5.74) is 6.08. The SMILES string of the molecule is Cl.Cl.NC1CCOC2(CCNCC2)C1. The van der Waals surface area contributed by atoms with Crippen LogP contribution in [0, 0.1) is 0 Å². The monoisotopic (exact) mass is 242 g/mol. The number of halogens is 2. The van der Waals surface area contributed by atoms with Gasteiger partial charge in [-0.3, -0.25) is 0 Å². The molecule has 2 aliphatic rings. The Morgan fingerprint density at radius 3 is 2.43 bits per heavy atom. The van der Waals surface area contributed by atoms with Gasteiger partial charge in [0.15, 0.2) is 0 Å². The number of nitrogens with two attached hydrogens (primary N) is 1. The predicted octanol–water partition coefficient (Wildman–Crippen LogP) is 1.09. The van der Waals surface area contributed by atoms with Crippen molar-refractivity contribution in [2.45, 2.75) is 37.3 Å². The minimum absolute atomic E-state index is 0. The van der Waals surface area contributed by atoms with Crippen LogP contribution in [-0.4, -0.2) is 31.3 Å². The van der Waals surface area contributed by atoms with E-state index in [-0.39, 0.29) is 30.4 Å². The molecule has 86 valence electrons. The fourth-order valence-corrected chi connectivity index (χ4v) is 2.30. The summed E-state index contributed by atoms with van der Waals surface area (Å²) in [4.78, 5) is 0. The first-order valence-electron chi connectivity index (χ1n) is 4.91. The second-order valence-electron chi connectivity index (χ2n) is 4.03. The van der Waals surface area contributed by atoms with Crippen LogP contribution in [0.25, 0.3) is 0 Å². The van der Waals surface area contributed by atoms with Gasteiger partial charge in [0, 0.05) is 12.6 Å². The maximum Gasteiger partial charge on any atom is 0.0721 e. The van der Waals surface area contributed by atoms with E-state index < -0.39 is 0 Å². The third-order valence-corrected chi connectivity index (χ3v) is 3.05. The van der Waals surface area contributed by atoms with Gasteiger partial charge in [0.05, 0.1) is 5.60 Å². The molecule has 1 spiro atoms. The molecular weight excluding hydrogens is 223 g/mol. The quantitative estimate of drug-likeness (QED) is 0.669. The molecule has 5 heteroatoms. The number of hydrogen-bond acceptors (Lipinski definition) is 3. The van der Waals surface area contributed by atoms with Crippen molar-refractivity contribution in [2.75, 3.05) is 19.7 Å². The van der Waals surface area contributed by atoms with E-state index in [4.69, 9.17) is 10.5 Å². The highest BCUT2D eigenvalue weighted by atomic mass is 35.5. The summed E-state index contributed by atoms with van der Waals surface area (Å²) in [5, 5.41) is 3.35. The molecule has 0 saturated carbocycles. The van der Waals surface area contributed by atoms with Crippen molar-refractivity contribution >= 4 is 24.8 Å². The van der Waals surface area contributed by atoms with Crippen LogP contribution in [-0.2, 0) is 4.74 Å². The molecule has 0 radical (unpaired) electrons. The first-order chi connectivity index (χ1) is 5.81. The molecule has 14 heavy (non-hydrogen) atoms. The number of ether oxygens (including phenoxy) is 1. The Hall–Kier alpha value is 0.460. The number of piperidine rings is 1. The smallest absolute Gasteiger partial charge is 0.0721 e. The summed E-state index contributed by atoms with van der Waals surface area (Å²) in [6, 6.07) is 0.372. The fraction of sp³-hybridized carbons (Fsp3) is 1.00. The topological polar surface area (TPSA) is 47.3 Å². The number of hydrogen-bond donors (Lipinski definition) is 2. The van der Waals surface area contributed by atoms with Gasteiger partial charge in [-0.15, -0.1) is 24.8 Å². The molecule has 0 aromatic heterocycles. The largest absolute Gasteiger partial charge is 0.375 e. The molecule has 1 unspecified atom stereocenters. The zero-order chi connectivity index (χ0) is 8.44. The van der Waals surface area contributed by atoms with E-state index in [1.165, 1.54) is 0 Å². The lowest BCUT2D eigenvalue weighted by molar-refractivity contribution is -0.101.